The molecule has 20 heavy (non-hydrogen) atoms. The van der Waals surface area contributed by atoms with Crippen LogP contribution in [0.3, 0.4) is 0 Å². The molecule has 106 valence electrons. The first-order valence-electron chi connectivity index (χ1n) is 7.11. The molecule has 2 aromatic heterocycles. The van der Waals surface area contributed by atoms with Crippen LogP contribution in [0.15, 0.2) is 12.4 Å². The monoisotopic (exact) mass is 274 g/mol. The van der Waals surface area contributed by atoms with Crippen molar-refractivity contribution < 1.29 is 9.47 Å². The van der Waals surface area contributed by atoms with E-state index in [0.29, 0.717) is 12.6 Å². The number of hydrogen-bond donors (Lipinski definition) is 0. The Morgan fingerprint density at radius 1 is 1.30 bits per heavy atom. The molecule has 0 spiro atoms. The molecule has 0 saturated carbocycles. The van der Waals surface area contributed by atoms with Crippen LogP contribution in [0.5, 0.6) is 5.88 Å². The van der Waals surface area contributed by atoms with Crippen molar-refractivity contribution in [2.45, 2.75) is 39.0 Å². The Morgan fingerprint density at radius 2 is 2.25 bits per heavy atom. The van der Waals surface area contributed by atoms with E-state index in [2.05, 4.69) is 14.9 Å². The molecule has 4 rings (SSSR count). The van der Waals surface area contributed by atoms with Gasteiger partial charge in [-0.3, -0.25) is 4.68 Å². The molecule has 6 nitrogen and oxygen atoms in total. The highest BCUT2D eigenvalue weighted by Crippen LogP contribution is 2.31. The van der Waals surface area contributed by atoms with Gasteiger partial charge in [0.15, 0.2) is 0 Å². The number of rotatable bonds is 2. The molecule has 6 heteroatoms. The molecule has 2 aliphatic heterocycles. The van der Waals surface area contributed by atoms with E-state index in [0.717, 1.165) is 44.0 Å². The SMILES string of the molecule is Cc1cnn2c1OCCC2Cc1cnn2c1COCC2. The molecule has 0 bridgehead atoms. The number of fused-ring (bicyclic) bond motifs is 2. The van der Waals surface area contributed by atoms with Gasteiger partial charge >= 0.3 is 0 Å². The van der Waals surface area contributed by atoms with Gasteiger partial charge in [-0.15, -0.1) is 0 Å². The molecule has 0 amide bonds. The molecular formula is C14H18N4O2. The van der Waals surface area contributed by atoms with Gasteiger partial charge in [0.05, 0.1) is 50.5 Å². The normalized spacial score (nSPS) is 21.1. The number of ether oxygens (including phenoxy) is 2. The van der Waals surface area contributed by atoms with Gasteiger partial charge < -0.3 is 9.47 Å². The highest BCUT2D eigenvalue weighted by atomic mass is 16.5. The summed E-state index contributed by atoms with van der Waals surface area (Å²) >= 11 is 0. The first kappa shape index (κ1) is 12.0. The minimum absolute atomic E-state index is 0.350. The van der Waals surface area contributed by atoms with E-state index in [-0.39, 0.29) is 0 Å². The summed E-state index contributed by atoms with van der Waals surface area (Å²) < 4.78 is 15.3. The first-order valence-corrected chi connectivity index (χ1v) is 7.11. The van der Waals surface area contributed by atoms with Gasteiger partial charge in [0.2, 0.25) is 5.88 Å². The third-order valence-electron chi connectivity index (χ3n) is 4.13. The number of nitrogens with zero attached hydrogens (tertiary/aromatic N) is 4. The third kappa shape index (κ3) is 1.83. The van der Waals surface area contributed by atoms with E-state index >= 15 is 0 Å². The molecule has 1 atom stereocenters. The fourth-order valence-electron chi connectivity index (χ4n) is 3.03. The van der Waals surface area contributed by atoms with Crippen LogP contribution in [-0.4, -0.2) is 32.8 Å². The van der Waals surface area contributed by atoms with Gasteiger partial charge in [0, 0.05) is 12.0 Å². The van der Waals surface area contributed by atoms with Crippen LogP contribution in [0.2, 0.25) is 0 Å². The lowest BCUT2D eigenvalue weighted by Crippen LogP contribution is -2.24. The van der Waals surface area contributed by atoms with Crippen molar-refractivity contribution in [1.82, 2.24) is 19.6 Å². The molecule has 4 heterocycles. The molecule has 2 aromatic rings. The van der Waals surface area contributed by atoms with Gasteiger partial charge in [-0.1, -0.05) is 0 Å². The van der Waals surface area contributed by atoms with Crippen LogP contribution < -0.4 is 4.74 Å². The predicted octanol–water partition coefficient (Wildman–Crippen LogP) is 1.48. The summed E-state index contributed by atoms with van der Waals surface area (Å²) in [7, 11) is 0. The predicted molar refractivity (Wildman–Crippen MR) is 71.7 cm³/mol. The van der Waals surface area contributed by atoms with Crippen molar-refractivity contribution in [2.75, 3.05) is 13.2 Å². The van der Waals surface area contributed by atoms with Crippen molar-refractivity contribution in [2.24, 2.45) is 0 Å². The lowest BCUT2D eigenvalue weighted by atomic mass is 10.0. The molecule has 0 N–H and O–H groups in total. The van der Waals surface area contributed by atoms with Gasteiger partial charge in [-0.25, -0.2) is 4.68 Å². The Labute approximate surface area is 117 Å². The van der Waals surface area contributed by atoms with Crippen molar-refractivity contribution in [3.8, 4) is 5.88 Å². The molecule has 1 unspecified atom stereocenters. The quantitative estimate of drug-likeness (QED) is 0.832. The molecule has 0 radical (unpaired) electrons. The van der Waals surface area contributed by atoms with Crippen LogP contribution >= 0.6 is 0 Å². The largest absolute Gasteiger partial charge is 0.478 e. The Kier molecular flexibility index (Phi) is 2.77. The zero-order valence-corrected chi connectivity index (χ0v) is 11.6. The van der Waals surface area contributed by atoms with Crippen LogP contribution in [-0.2, 0) is 24.3 Å². The second-order valence-electron chi connectivity index (χ2n) is 5.46. The topological polar surface area (TPSA) is 54.1 Å². The molecular weight excluding hydrogens is 256 g/mol. The number of aryl methyl sites for hydroxylation is 1. The highest BCUT2D eigenvalue weighted by molar-refractivity contribution is 5.25. The molecule has 0 aromatic carbocycles. The average molecular weight is 274 g/mol. The number of hydrogen-bond acceptors (Lipinski definition) is 4. The lowest BCUT2D eigenvalue weighted by Gasteiger charge is -2.25. The zero-order chi connectivity index (χ0) is 13.5. The van der Waals surface area contributed by atoms with Gasteiger partial charge in [0.1, 0.15) is 0 Å². The Morgan fingerprint density at radius 3 is 3.20 bits per heavy atom. The van der Waals surface area contributed by atoms with Crippen LogP contribution in [0, 0.1) is 6.92 Å². The second kappa shape index (κ2) is 4.63. The summed E-state index contributed by atoms with van der Waals surface area (Å²) in [5.41, 5.74) is 3.60. The van der Waals surface area contributed by atoms with E-state index in [1.54, 1.807) is 0 Å². The average Bonchev–Trinajstić information content (AvgIpc) is 3.05. The minimum atomic E-state index is 0.350. The summed E-state index contributed by atoms with van der Waals surface area (Å²) in [5, 5.41) is 8.92. The first-order chi connectivity index (χ1) is 9.83. The Hall–Kier alpha value is -1.82. The lowest BCUT2D eigenvalue weighted by molar-refractivity contribution is 0.0791. The van der Waals surface area contributed by atoms with Gasteiger partial charge in [-0.2, -0.15) is 10.2 Å². The van der Waals surface area contributed by atoms with Crippen LogP contribution in [0.25, 0.3) is 0 Å². The van der Waals surface area contributed by atoms with Crippen LogP contribution in [0.1, 0.15) is 29.3 Å². The number of aromatic nitrogens is 4. The van der Waals surface area contributed by atoms with Gasteiger partial charge in [0.25, 0.3) is 0 Å². The van der Waals surface area contributed by atoms with Crippen molar-refractivity contribution in [3.05, 3.63) is 29.2 Å². The fourth-order valence-corrected chi connectivity index (χ4v) is 3.03. The summed E-state index contributed by atoms with van der Waals surface area (Å²) in [6.45, 7) is 5.08. The molecule has 0 fully saturated rings. The maximum atomic E-state index is 5.71. The highest BCUT2D eigenvalue weighted by Gasteiger charge is 2.26. The Balaban J connectivity index is 1.62. The smallest absolute Gasteiger partial charge is 0.215 e. The molecule has 0 aliphatic carbocycles. The minimum Gasteiger partial charge on any atom is -0.478 e. The standard InChI is InChI=1S/C14H18N4O2/c1-10-7-16-18-12(2-4-20-14(10)18)6-11-8-15-17-3-5-19-9-13(11)17/h7-8,12H,2-6,9H2,1H3. The Bertz CT molecular complexity index is 631. The summed E-state index contributed by atoms with van der Waals surface area (Å²) in [6.07, 6.45) is 5.79. The van der Waals surface area contributed by atoms with Gasteiger partial charge in [-0.05, 0) is 18.9 Å². The third-order valence-corrected chi connectivity index (χ3v) is 4.13. The second-order valence-corrected chi connectivity index (χ2v) is 5.46. The van der Waals surface area contributed by atoms with E-state index in [1.165, 1.54) is 11.3 Å². The molecule has 0 saturated heterocycles. The van der Waals surface area contributed by atoms with E-state index in [1.807, 2.05) is 24.0 Å². The summed E-state index contributed by atoms with van der Waals surface area (Å²) in [5.74, 6) is 0.915. The van der Waals surface area contributed by atoms with Crippen molar-refractivity contribution in [1.29, 1.82) is 0 Å². The van der Waals surface area contributed by atoms with E-state index in [9.17, 15) is 0 Å². The summed E-state index contributed by atoms with van der Waals surface area (Å²) in [6, 6.07) is 0.350. The van der Waals surface area contributed by atoms with Crippen molar-refractivity contribution in [3.63, 3.8) is 0 Å². The zero-order valence-electron chi connectivity index (χ0n) is 11.6. The maximum Gasteiger partial charge on any atom is 0.215 e. The van der Waals surface area contributed by atoms with E-state index in [4.69, 9.17) is 9.47 Å². The van der Waals surface area contributed by atoms with Crippen molar-refractivity contribution >= 4 is 0 Å². The van der Waals surface area contributed by atoms with Crippen LogP contribution in [0.4, 0.5) is 0 Å². The summed E-state index contributed by atoms with van der Waals surface area (Å²) in [4.78, 5) is 0. The maximum absolute atomic E-state index is 5.71. The fraction of sp³-hybridized carbons (Fsp3) is 0.571. The van der Waals surface area contributed by atoms with E-state index < -0.39 is 0 Å². The molecule has 2 aliphatic rings.